The van der Waals surface area contributed by atoms with Gasteiger partial charge in [-0.3, -0.25) is 19.2 Å². The Morgan fingerprint density at radius 1 is 0.885 bits per heavy atom. The minimum Gasteiger partial charge on any atom is -0.460 e. The fourth-order valence-corrected chi connectivity index (χ4v) is 6.86. The molecule has 8 atom stereocenters. The van der Waals surface area contributed by atoms with Gasteiger partial charge in [0.05, 0.1) is 5.92 Å². The molecule has 2 aliphatic rings. The van der Waals surface area contributed by atoms with Gasteiger partial charge in [-0.1, -0.05) is 85.2 Å². The summed E-state index contributed by atoms with van der Waals surface area (Å²) in [6.07, 6.45) is 5.90. The third-order valence-corrected chi connectivity index (χ3v) is 10.3. The molecule has 0 aromatic heterocycles. The van der Waals surface area contributed by atoms with Gasteiger partial charge in [0, 0.05) is 26.4 Å². The number of benzene rings is 1. The van der Waals surface area contributed by atoms with E-state index in [9.17, 15) is 28.8 Å². The maximum Gasteiger partial charge on any atom is 0.329 e. The fourth-order valence-electron chi connectivity index (χ4n) is 6.86. The van der Waals surface area contributed by atoms with E-state index in [1.165, 1.54) is 16.8 Å². The molecule has 2 unspecified atom stereocenters. The predicted molar refractivity (Wildman–Crippen MR) is 196 cm³/mol. The van der Waals surface area contributed by atoms with E-state index in [0.29, 0.717) is 32.1 Å². The van der Waals surface area contributed by atoms with E-state index in [1.54, 1.807) is 34.6 Å². The van der Waals surface area contributed by atoms with Crippen molar-refractivity contribution in [2.24, 2.45) is 23.7 Å². The van der Waals surface area contributed by atoms with Crippen LogP contribution in [0.1, 0.15) is 92.6 Å². The molecular weight excluding hydrogens is 664 g/mol. The lowest BCUT2D eigenvalue weighted by Crippen LogP contribution is -2.57. The Morgan fingerprint density at radius 2 is 1.54 bits per heavy atom. The molecule has 286 valence electrons. The number of ether oxygens (including phenoxy) is 2. The van der Waals surface area contributed by atoms with Gasteiger partial charge < -0.3 is 29.9 Å². The van der Waals surface area contributed by atoms with Gasteiger partial charge in [-0.25, -0.2) is 9.59 Å². The molecule has 0 bridgehead atoms. The van der Waals surface area contributed by atoms with E-state index in [2.05, 4.69) is 16.6 Å². The van der Waals surface area contributed by atoms with Gasteiger partial charge in [0.15, 0.2) is 6.10 Å². The molecule has 1 aromatic carbocycles. The lowest BCUT2D eigenvalue weighted by atomic mass is 9.94. The van der Waals surface area contributed by atoms with E-state index < -0.39 is 83.8 Å². The topological polar surface area (TPSA) is 151 Å². The summed E-state index contributed by atoms with van der Waals surface area (Å²) in [6, 6.07) is 5.00. The molecular formula is C40H58N4O8. The summed E-state index contributed by atoms with van der Waals surface area (Å²) in [7, 11) is 1.48. The van der Waals surface area contributed by atoms with Crippen molar-refractivity contribution in [1.82, 2.24) is 20.4 Å². The third kappa shape index (κ3) is 10.6. The molecule has 3 rings (SSSR count). The quantitative estimate of drug-likeness (QED) is 0.223. The van der Waals surface area contributed by atoms with Crippen LogP contribution in [-0.2, 0) is 44.7 Å². The third-order valence-electron chi connectivity index (χ3n) is 10.3. The summed E-state index contributed by atoms with van der Waals surface area (Å²) in [5.74, 6) is -3.02. The van der Waals surface area contributed by atoms with Crippen LogP contribution in [0, 0.1) is 36.0 Å². The second-order valence-electron chi connectivity index (χ2n) is 14.9. The van der Waals surface area contributed by atoms with Gasteiger partial charge in [0.2, 0.25) is 17.7 Å². The molecule has 1 aromatic rings. The van der Waals surface area contributed by atoms with Crippen molar-refractivity contribution >= 4 is 35.6 Å². The number of amides is 4. The van der Waals surface area contributed by atoms with Gasteiger partial charge >= 0.3 is 11.9 Å². The number of nitrogens with zero attached hydrogens (tertiary/aromatic N) is 2. The molecule has 2 aliphatic heterocycles. The normalized spacial score (nSPS) is 27.8. The first-order valence-corrected chi connectivity index (χ1v) is 18.7. The van der Waals surface area contributed by atoms with Crippen LogP contribution >= 0.6 is 0 Å². The monoisotopic (exact) mass is 722 g/mol. The number of carbonyl (C=O) groups excluding carboxylic acids is 6. The van der Waals surface area contributed by atoms with Crippen LogP contribution in [0.3, 0.4) is 0 Å². The Balaban J connectivity index is 2.14. The second kappa shape index (κ2) is 19.4. The number of hydrogen-bond acceptors (Lipinski definition) is 8. The summed E-state index contributed by atoms with van der Waals surface area (Å²) < 4.78 is 12.1. The average Bonchev–Trinajstić information content (AvgIpc) is 3.61. The second-order valence-corrected chi connectivity index (χ2v) is 14.9. The summed E-state index contributed by atoms with van der Waals surface area (Å²) in [6.45, 7) is 12.7. The molecule has 2 N–H and O–H groups in total. The standard InChI is InChI=1S/C40H58N4O8/c1-10-12-14-21-30-27(8)35(45)41-32(24(3)4)38(48)43(9)34(25(5)6)40(50)52-31(23-28-18-15-13-16-19-28)37(47)44-22-17-20-29(44)36(46)42-33(26(7)11-2)39(49)51-30/h1,13,15-16,18-19,24-27,29-34H,11-12,14,17,20-23H2,2-9H3,(H,41,45)(H,42,46)/t26-,27-,29-,30?,31-,32-,33-,34?/m0/s1. The molecule has 0 spiro atoms. The number of likely N-dealkylation sites (N-methyl/N-ethyl adjacent to an activating group) is 1. The number of esters is 2. The van der Waals surface area contributed by atoms with Crippen LogP contribution in [-0.4, -0.2) is 95.3 Å². The maximum absolute atomic E-state index is 14.3. The van der Waals surface area contributed by atoms with E-state index in [1.807, 2.05) is 44.2 Å². The van der Waals surface area contributed by atoms with Gasteiger partial charge in [0.25, 0.3) is 5.91 Å². The highest BCUT2D eigenvalue weighted by Gasteiger charge is 2.44. The summed E-state index contributed by atoms with van der Waals surface area (Å²) in [4.78, 5) is 86.9. The molecule has 0 saturated carbocycles. The molecule has 2 heterocycles. The largest absolute Gasteiger partial charge is 0.460 e. The van der Waals surface area contributed by atoms with Crippen LogP contribution in [0.15, 0.2) is 30.3 Å². The number of cyclic esters (lactones) is 2. The van der Waals surface area contributed by atoms with Gasteiger partial charge in [-0.05, 0) is 49.0 Å². The van der Waals surface area contributed by atoms with E-state index >= 15 is 0 Å². The van der Waals surface area contributed by atoms with Crippen LogP contribution in [0.25, 0.3) is 0 Å². The number of rotatable bonds is 9. The number of terminal acetylenes is 1. The first kappa shape index (κ1) is 42.0. The molecule has 12 heteroatoms. The Kier molecular flexibility index (Phi) is 15.7. The Bertz CT molecular complexity index is 1460. The van der Waals surface area contributed by atoms with Crippen LogP contribution < -0.4 is 10.6 Å². The van der Waals surface area contributed by atoms with E-state index in [-0.39, 0.29) is 31.2 Å². The zero-order chi connectivity index (χ0) is 38.7. The highest BCUT2D eigenvalue weighted by molar-refractivity contribution is 5.95. The van der Waals surface area contributed by atoms with Crippen molar-refractivity contribution in [2.45, 2.75) is 130 Å². The summed E-state index contributed by atoms with van der Waals surface area (Å²) >= 11 is 0. The zero-order valence-corrected chi connectivity index (χ0v) is 32.1. The van der Waals surface area contributed by atoms with Crippen molar-refractivity contribution in [3.63, 3.8) is 0 Å². The zero-order valence-electron chi connectivity index (χ0n) is 32.1. The maximum atomic E-state index is 14.3. The smallest absolute Gasteiger partial charge is 0.329 e. The minimum atomic E-state index is -1.30. The van der Waals surface area contributed by atoms with Crippen molar-refractivity contribution in [2.75, 3.05) is 13.6 Å². The Labute approximate surface area is 309 Å². The Hall–Kier alpha value is -4.40. The molecule has 12 nitrogen and oxygen atoms in total. The van der Waals surface area contributed by atoms with Crippen molar-refractivity contribution < 1.29 is 38.2 Å². The molecule has 0 aliphatic carbocycles. The van der Waals surface area contributed by atoms with Crippen molar-refractivity contribution in [3.05, 3.63) is 35.9 Å². The van der Waals surface area contributed by atoms with E-state index in [4.69, 9.17) is 15.9 Å². The van der Waals surface area contributed by atoms with Crippen molar-refractivity contribution in [1.29, 1.82) is 0 Å². The number of nitrogens with one attached hydrogen (secondary N) is 2. The van der Waals surface area contributed by atoms with Crippen molar-refractivity contribution in [3.8, 4) is 12.3 Å². The number of hydrogen-bond donors (Lipinski definition) is 2. The minimum absolute atomic E-state index is 0.0458. The lowest BCUT2D eigenvalue weighted by molar-refractivity contribution is -0.168. The predicted octanol–water partition coefficient (Wildman–Crippen LogP) is 3.65. The number of unbranched alkanes of at least 4 members (excludes halogenated alkanes) is 1. The van der Waals surface area contributed by atoms with E-state index in [0.717, 1.165) is 5.56 Å². The van der Waals surface area contributed by atoms with Gasteiger partial charge in [-0.15, -0.1) is 12.3 Å². The van der Waals surface area contributed by atoms with Crippen LogP contribution in [0.2, 0.25) is 0 Å². The van der Waals surface area contributed by atoms with Gasteiger partial charge in [-0.2, -0.15) is 0 Å². The SMILES string of the molecule is C#CCCCC1OC(=O)[C@H]([C@@H](C)CC)NC(=O)[C@@H]2CCCN2C(=O)[C@H](Cc2ccccc2)OC(=O)C(C(C)C)N(C)C(=O)[C@H](C(C)C)NC(=O)[C@H]1C. The highest BCUT2D eigenvalue weighted by Crippen LogP contribution is 2.25. The average molecular weight is 723 g/mol. The summed E-state index contributed by atoms with van der Waals surface area (Å²) in [5, 5.41) is 5.72. The first-order chi connectivity index (χ1) is 24.6. The molecule has 4 amide bonds. The molecule has 2 fully saturated rings. The van der Waals surface area contributed by atoms with Crippen LogP contribution in [0.5, 0.6) is 0 Å². The Morgan fingerprint density at radius 3 is 2.13 bits per heavy atom. The summed E-state index contributed by atoms with van der Waals surface area (Å²) in [5.41, 5.74) is 0.742. The van der Waals surface area contributed by atoms with Gasteiger partial charge in [0.1, 0.15) is 30.3 Å². The first-order valence-electron chi connectivity index (χ1n) is 18.7. The molecule has 2 saturated heterocycles. The van der Waals surface area contributed by atoms with Crippen LogP contribution in [0.4, 0.5) is 0 Å². The molecule has 0 radical (unpaired) electrons. The number of carbonyl (C=O) groups is 6. The molecule has 52 heavy (non-hydrogen) atoms. The lowest BCUT2D eigenvalue weighted by Gasteiger charge is -2.35. The fraction of sp³-hybridized carbons (Fsp3) is 0.650. The highest BCUT2D eigenvalue weighted by atomic mass is 16.6. The number of fused-ring (bicyclic) bond motifs is 1.